The molecule has 0 heterocycles. The molecule has 104 valence electrons. The Morgan fingerprint density at radius 1 is 1.05 bits per heavy atom. The number of nitrogens with one attached hydrogen (secondary N) is 1. The Hall–Kier alpha value is -1.74. The monoisotopic (exact) mass is 285 g/mol. The Morgan fingerprint density at radius 3 is 2.50 bits per heavy atom. The molecule has 0 saturated heterocycles. The van der Waals surface area contributed by atoms with Crippen molar-refractivity contribution in [3.05, 3.63) is 65.7 Å². The second-order valence-corrected chi connectivity index (χ2v) is 5.52. The zero-order valence-electron chi connectivity index (χ0n) is 11.6. The predicted molar refractivity (Wildman–Crippen MR) is 87.1 cm³/mol. The fourth-order valence-corrected chi connectivity index (χ4v) is 2.76. The molecule has 2 nitrogen and oxygen atoms in total. The summed E-state index contributed by atoms with van der Waals surface area (Å²) in [5.74, 6) is 1.41. The number of thioether (sulfide) groups is 1. The van der Waals surface area contributed by atoms with Crippen molar-refractivity contribution < 1.29 is 4.79 Å². The average molecular weight is 285 g/mol. The number of hydrogen-bond acceptors (Lipinski definition) is 2. The van der Waals surface area contributed by atoms with Gasteiger partial charge in [-0.05, 0) is 23.6 Å². The molecular formula is C17H19NOS. The minimum atomic E-state index is 0.0619. The van der Waals surface area contributed by atoms with Crippen LogP contribution in [0.5, 0.6) is 0 Å². The number of amides is 1. The maximum absolute atomic E-state index is 11.9. The molecule has 3 heteroatoms. The van der Waals surface area contributed by atoms with E-state index in [9.17, 15) is 4.79 Å². The van der Waals surface area contributed by atoms with Crippen LogP contribution in [-0.2, 0) is 17.0 Å². The minimum Gasteiger partial charge on any atom is -0.325 e. The van der Waals surface area contributed by atoms with Gasteiger partial charge in [0.15, 0.2) is 0 Å². The van der Waals surface area contributed by atoms with Gasteiger partial charge in [-0.15, -0.1) is 11.8 Å². The SMILES string of the molecule is CCc1ccccc1NC(=O)CSCc1ccccc1. The van der Waals surface area contributed by atoms with E-state index in [2.05, 4.69) is 24.4 Å². The lowest BCUT2D eigenvalue weighted by Gasteiger charge is -2.09. The van der Waals surface area contributed by atoms with Crippen LogP contribution in [0.1, 0.15) is 18.1 Å². The Morgan fingerprint density at radius 2 is 1.75 bits per heavy atom. The van der Waals surface area contributed by atoms with E-state index in [0.717, 1.165) is 17.9 Å². The van der Waals surface area contributed by atoms with Crippen LogP contribution in [0.2, 0.25) is 0 Å². The number of anilines is 1. The van der Waals surface area contributed by atoms with Gasteiger partial charge < -0.3 is 5.32 Å². The van der Waals surface area contributed by atoms with Crippen LogP contribution in [-0.4, -0.2) is 11.7 Å². The van der Waals surface area contributed by atoms with Crippen LogP contribution in [0, 0.1) is 0 Å². The van der Waals surface area contributed by atoms with Crippen LogP contribution in [0.25, 0.3) is 0 Å². The molecular weight excluding hydrogens is 266 g/mol. The number of carbonyl (C=O) groups excluding carboxylic acids is 1. The summed E-state index contributed by atoms with van der Waals surface area (Å²) in [7, 11) is 0. The predicted octanol–water partition coefficient (Wildman–Crippen LogP) is 4.12. The largest absolute Gasteiger partial charge is 0.325 e. The molecule has 2 aromatic carbocycles. The van der Waals surface area contributed by atoms with Crippen LogP contribution in [0.15, 0.2) is 54.6 Å². The van der Waals surface area contributed by atoms with E-state index >= 15 is 0 Å². The molecule has 0 unspecified atom stereocenters. The molecule has 0 bridgehead atoms. The fraction of sp³-hybridized carbons (Fsp3) is 0.235. The van der Waals surface area contributed by atoms with Crippen LogP contribution in [0.3, 0.4) is 0 Å². The van der Waals surface area contributed by atoms with E-state index in [4.69, 9.17) is 0 Å². The molecule has 0 atom stereocenters. The first-order valence-electron chi connectivity index (χ1n) is 6.79. The number of hydrogen-bond donors (Lipinski definition) is 1. The zero-order valence-corrected chi connectivity index (χ0v) is 12.5. The molecule has 2 aromatic rings. The van der Waals surface area contributed by atoms with Crippen molar-refractivity contribution in [3.63, 3.8) is 0 Å². The first kappa shape index (κ1) is 14.7. The van der Waals surface area contributed by atoms with E-state index in [-0.39, 0.29) is 5.91 Å². The second-order valence-electron chi connectivity index (χ2n) is 4.54. The van der Waals surface area contributed by atoms with Crippen molar-refractivity contribution in [1.29, 1.82) is 0 Å². The molecule has 2 rings (SSSR count). The van der Waals surface area contributed by atoms with Gasteiger partial charge in [0.1, 0.15) is 0 Å². The number of rotatable bonds is 6. The molecule has 0 saturated carbocycles. The van der Waals surface area contributed by atoms with Crippen molar-refractivity contribution in [2.24, 2.45) is 0 Å². The van der Waals surface area contributed by atoms with Crippen molar-refractivity contribution in [3.8, 4) is 0 Å². The highest BCUT2D eigenvalue weighted by Crippen LogP contribution is 2.17. The standard InChI is InChI=1S/C17H19NOS/c1-2-15-10-6-7-11-16(15)18-17(19)13-20-12-14-8-4-3-5-9-14/h3-11H,2,12-13H2,1H3,(H,18,19). The Bertz CT molecular complexity index is 554. The molecule has 20 heavy (non-hydrogen) atoms. The lowest BCUT2D eigenvalue weighted by molar-refractivity contribution is -0.113. The lowest BCUT2D eigenvalue weighted by atomic mass is 10.1. The quantitative estimate of drug-likeness (QED) is 0.865. The molecule has 1 amide bonds. The van der Waals surface area contributed by atoms with Crippen LogP contribution >= 0.6 is 11.8 Å². The van der Waals surface area contributed by atoms with Gasteiger partial charge >= 0.3 is 0 Å². The number of aryl methyl sites for hydroxylation is 1. The maximum atomic E-state index is 11.9. The van der Waals surface area contributed by atoms with Crippen LogP contribution < -0.4 is 5.32 Å². The summed E-state index contributed by atoms with van der Waals surface area (Å²) in [4.78, 5) is 11.9. The van der Waals surface area contributed by atoms with E-state index in [1.54, 1.807) is 11.8 Å². The molecule has 0 aliphatic carbocycles. The number of benzene rings is 2. The summed E-state index contributed by atoms with van der Waals surface area (Å²) >= 11 is 1.64. The highest BCUT2D eigenvalue weighted by molar-refractivity contribution is 7.99. The van der Waals surface area contributed by atoms with Gasteiger partial charge in [-0.2, -0.15) is 0 Å². The van der Waals surface area contributed by atoms with Gasteiger partial charge in [-0.1, -0.05) is 55.5 Å². The number of para-hydroxylation sites is 1. The molecule has 0 radical (unpaired) electrons. The number of carbonyl (C=O) groups is 1. The lowest BCUT2D eigenvalue weighted by Crippen LogP contribution is -2.15. The first-order chi connectivity index (χ1) is 9.79. The van der Waals surface area contributed by atoms with Crippen molar-refractivity contribution in [2.75, 3.05) is 11.1 Å². The van der Waals surface area contributed by atoms with Crippen molar-refractivity contribution in [1.82, 2.24) is 0 Å². The third-order valence-electron chi connectivity index (χ3n) is 3.02. The molecule has 0 fully saturated rings. The Balaban J connectivity index is 1.81. The molecule has 1 N–H and O–H groups in total. The summed E-state index contributed by atoms with van der Waals surface area (Å²) in [6.45, 7) is 2.09. The van der Waals surface area contributed by atoms with Crippen molar-refractivity contribution in [2.45, 2.75) is 19.1 Å². The topological polar surface area (TPSA) is 29.1 Å². The third kappa shape index (κ3) is 4.42. The average Bonchev–Trinajstić information content (AvgIpc) is 2.49. The van der Waals surface area contributed by atoms with Gasteiger partial charge in [0, 0.05) is 11.4 Å². The molecule has 0 aliphatic rings. The van der Waals surface area contributed by atoms with Gasteiger partial charge in [-0.3, -0.25) is 4.79 Å². The third-order valence-corrected chi connectivity index (χ3v) is 4.02. The molecule has 0 aromatic heterocycles. The molecule has 0 spiro atoms. The normalized spacial score (nSPS) is 10.2. The smallest absolute Gasteiger partial charge is 0.234 e. The van der Waals surface area contributed by atoms with E-state index < -0.39 is 0 Å². The summed E-state index contributed by atoms with van der Waals surface area (Å²) in [6, 6.07) is 18.2. The summed E-state index contributed by atoms with van der Waals surface area (Å²) in [5, 5.41) is 2.99. The van der Waals surface area contributed by atoms with Gasteiger partial charge in [-0.25, -0.2) is 0 Å². The second kappa shape index (κ2) is 7.75. The van der Waals surface area contributed by atoms with E-state index in [1.807, 2.05) is 42.5 Å². The van der Waals surface area contributed by atoms with Gasteiger partial charge in [0.05, 0.1) is 5.75 Å². The fourth-order valence-electron chi connectivity index (χ4n) is 1.97. The maximum Gasteiger partial charge on any atom is 0.234 e. The highest BCUT2D eigenvalue weighted by atomic mass is 32.2. The molecule has 0 aliphatic heterocycles. The van der Waals surface area contributed by atoms with Crippen molar-refractivity contribution >= 4 is 23.4 Å². The van der Waals surface area contributed by atoms with Gasteiger partial charge in [0.2, 0.25) is 5.91 Å². The Labute approximate surface area is 124 Å². The zero-order chi connectivity index (χ0) is 14.2. The summed E-state index contributed by atoms with van der Waals surface area (Å²) < 4.78 is 0. The van der Waals surface area contributed by atoms with E-state index in [0.29, 0.717) is 5.75 Å². The minimum absolute atomic E-state index is 0.0619. The summed E-state index contributed by atoms with van der Waals surface area (Å²) in [5.41, 5.74) is 3.36. The van der Waals surface area contributed by atoms with Crippen LogP contribution in [0.4, 0.5) is 5.69 Å². The highest BCUT2D eigenvalue weighted by Gasteiger charge is 2.05. The summed E-state index contributed by atoms with van der Waals surface area (Å²) in [6.07, 6.45) is 0.924. The first-order valence-corrected chi connectivity index (χ1v) is 7.94. The van der Waals surface area contributed by atoms with Gasteiger partial charge in [0.25, 0.3) is 0 Å². The van der Waals surface area contributed by atoms with E-state index in [1.165, 1.54) is 11.1 Å². The Kier molecular flexibility index (Phi) is 5.69.